The molecular formula is C5H8F2NO6S2-. The molecule has 0 atom stereocenters. The average molecular weight is 280 g/mol. The molecule has 1 saturated heterocycles. The SMILES string of the molecule is O=S(=O)([O-])C(F)(F)S(=O)(=O)N1CCOCC1. The summed E-state index contributed by atoms with van der Waals surface area (Å²) in [5.74, 6) is 0. The number of ether oxygens (including phenoxy) is 1. The highest BCUT2D eigenvalue weighted by atomic mass is 32.3. The second-order valence-electron chi connectivity index (χ2n) is 2.93. The maximum absolute atomic E-state index is 12.9. The van der Waals surface area contributed by atoms with Crippen molar-refractivity contribution in [2.24, 2.45) is 0 Å². The van der Waals surface area contributed by atoms with Crippen molar-refractivity contribution < 1.29 is 34.9 Å². The number of halogens is 2. The fraction of sp³-hybridized carbons (Fsp3) is 1.00. The van der Waals surface area contributed by atoms with E-state index in [2.05, 4.69) is 0 Å². The largest absolute Gasteiger partial charge is 0.742 e. The fourth-order valence-corrected chi connectivity index (χ4v) is 3.34. The predicted octanol–water partition coefficient (Wildman–Crippen LogP) is -1.26. The van der Waals surface area contributed by atoms with Crippen molar-refractivity contribution in [3.8, 4) is 0 Å². The van der Waals surface area contributed by atoms with Crippen molar-refractivity contribution >= 4 is 20.1 Å². The highest BCUT2D eigenvalue weighted by Gasteiger charge is 2.55. The first-order chi connectivity index (χ1) is 7.11. The topological polar surface area (TPSA) is 104 Å². The van der Waals surface area contributed by atoms with E-state index in [1.165, 1.54) is 0 Å². The molecule has 0 saturated carbocycles. The summed E-state index contributed by atoms with van der Waals surface area (Å²) >= 11 is 0. The molecule has 0 bridgehead atoms. The highest BCUT2D eigenvalue weighted by molar-refractivity contribution is 8.06. The van der Waals surface area contributed by atoms with Gasteiger partial charge >= 0.3 is 4.59 Å². The number of alkyl halides is 2. The van der Waals surface area contributed by atoms with Crippen molar-refractivity contribution in [1.82, 2.24) is 4.31 Å². The molecule has 1 aliphatic heterocycles. The van der Waals surface area contributed by atoms with E-state index >= 15 is 0 Å². The summed E-state index contributed by atoms with van der Waals surface area (Å²) in [6.45, 7) is -1.08. The van der Waals surface area contributed by atoms with E-state index < -0.39 is 37.8 Å². The molecule has 1 heterocycles. The normalized spacial score (nSPS) is 20.9. The Morgan fingerprint density at radius 2 is 1.56 bits per heavy atom. The van der Waals surface area contributed by atoms with Gasteiger partial charge in [-0.1, -0.05) is 0 Å². The fourth-order valence-electron chi connectivity index (χ4n) is 1.07. The Kier molecular flexibility index (Phi) is 3.55. The summed E-state index contributed by atoms with van der Waals surface area (Å²) in [5.41, 5.74) is 0. The van der Waals surface area contributed by atoms with Gasteiger partial charge in [0.2, 0.25) is 0 Å². The van der Waals surface area contributed by atoms with Gasteiger partial charge in [-0.05, 0) is 0 Å². The Morgan fingerprint density at radius 3 is 1.94 bits per heavy atom. The van der Waals surface area contributed by atoms with Crippen LogP contribution in [0.1, 0.15) is 0 Å². The van der Waals surface area contributed by atoms with Gasteiger partial charge < -0.3 is 9.29 Å². The number of rotatable bonds is 3. The van der Waals surface area contributed by atoms with Crippen LogP contribution >= 0.6 is 0 Å². The quantitative estimate of drug-likeness (QED) is 0.598. The summed E-state index contributed by atoms with van der Waals surface area (Å²) in [7, 11) is -11.8. The van der Waals surface area contributed by atoms with Crippen LogP contribution in [-0.2, 0) is 24.9 Å². The predicted molar refractivity (Wildman–Crippen MR) is 46.0 cm³/mol. The second-order valence-corrected chi connectivity index (χ2v) is 6.59. The van der Waals surface area contributed by atoms with Gasteiger partial charge in [-0.15, -0.1) is 0 Å². The number of nitrogens with zero attached hydrogens (tertiary/aromatic N) is 1. The van der Waals surface area contributed by atoms with Gasteiger partial charge in [0.25, 0.3) is 10.0 Å². The molecule has 1 rings (SSSR count). The first-order valence-corrected chi connectivity index (χ1v) is 6.86. The van der Waals surface area contributed by atoms with Crippen LogP contribution in [0.4, 0.5) is 8.78 Å². The second kappa shape index (κ2) is 4.14. The zero-order chi connectivity index (χ0) is 12.6. The van der Waals surface area contributed by atoms with Gasteiger partial charge in [-0.3, -0.25) is 0 Å². The number of hydrogen-bond acceptors (Lipinski definition) is 6. The number of morpholine rings is 1. The Labute approximate surface area is 90.8 Å². The smallest absolute Gasteiger partial charge is 0.447 e. The molecule has 1 fully saturated rings. The number of hydrogen-bond donors (Lipinski definition) is 0. The lowest BCUT2D eigenvalue weighted by Gasteiger charge is -2.30. The molecule has 0 unspecified atom stereocenters. The molecule has 96 valence electrons. The Balaban J connectivity index is 3.10. The zero-order valence-corrected chi connectivity index (χ0v) is 9.43. The van der Waals surface area contributed by atoms with Crippen molar-refractivity contribution in [3.63, 3.8) is 0 Å². The Hall–Kier alpha value is -0.360. The summed E-state index contributed by atoms with van der Waals surface area (Å²) in [5, 5.41) is 0. The molecule has 0 N–H and O–H groups in total. The first-order valence-electron chi connectivity index (χ1n) is 4.01. The summed E-state index contributed by atoms with van der Waals surface area (Å²) in [6, 6.07) is 0. The van der Waals surface area contributed by atoms with Crippen LogP contribution in [0.15, 0.2) is 0 Å². The summed E-state index contributed by atoms with van der Waals surface area (Å²) < 4.78 is 78.4. The van der Waals surface area contributed by atoms with Gasteiger partial charge in [0.05, 0.1) is 13.2 Å². The van der Waals surface area contributed by atoms with Gasteiger partial charge in [0, 0.05) is 13.1 Å². The molecule has 16 heavy (non-hydrogen) atoms. The van der Waals surface area contributed by atoms with E-state index in [9.17, 15) is 30.2 Å². The maximum Gasteiger partial charge on any atom is 0.447 e. The third kappa shape index (κ3) is 2.18. The Morgan fingerprint density at radius 1 is 1.12 bits per heavy atom. The zero-order valence-electron chi connectivity index (χ0n) is 7.80. The minimum atomic E-state index is -6.26. The third-order valence-corrected chi connectivity index (χ3v) is 5.37. The van der Waals surface area contributed by atoms with Crippen molar-refractivity contribution in [1.29, 1.82) is 0 Å². The maximum atomic E-state index is 12.9. The average Bonchev–Trinajstić information content (AvgIpc) is 2.17. The first kappa shape index (κ1) is 13.7. The van der Waals surface area contributed by atoms with Crippen LogP contribution in [0.5, 0.6) is 0 Å². The molecule has 7 nitrogen and oxygen atoms in total. The molecule has 0 spiro atoms. The van der Waals surface area contributed by atoms with Crippen molar-refractivity contribution in [2.75, 3.05) is 26.3 Å². The molecule has 1 aliphatic rings. The monoisotopic (exact) mass is 280 g/mol. The lowest BCUT2D eigenvalue weighted by Crippen LogP contribution is -2.51. The van der Waals surface area contributed by atoms with E-state index in [1.54, 1.807) is 0 Å². The molecule has 11 heteroatoms. The van der Waals surface area contributed by atoms with E-state index in [1.807, 2.05) is 0 Å². The van der Waals surface area contributed by atoms with Crippen molar-refractivity contribution in [3.05, 3.63) is 0 Å². The molecule has 0 radical (unpaired) electrons. The van der Waals surface area contributed by atoms with E-state index in [0.29, 0.717) is 0 Å². The van der Waals surface area contributed by atoms with Gasteiger partial charge in [0.1, 0.15) is 0 Å². The Bertz CT molecular complexity index is 451. The minimum Gasteiger partial charge on any atom is -0.742 e. The van der Waals surface area contributed by atoms with Crippen LogP contribution in [0.2, 0.25) is 0 Å². The summed E-state index contributed by atoms with van der Waals surface area (Å²) in [6.07, 6.45) is 0. The molecule has 0 aliphatic carbocycles. The van der Waals surface area contributed by atoms with Crippen molar-refractivity contribution in [2.45, 2.75) is 4.59 Å². The molecule has 0 amide bonds. The standard InChI is InChI=1S/C5H9F2NO6S2/c6-5(7,16(11,12)13)15(9,10)8-1-3-14-4-2-8/h1-4H2,(H,11,12,13)/p-1. The van der Waals surface area contributed by atoms with Crippen LogP contribution in [0.25, 0.3) is 0 Å². The summed E-state index contributed by atoms with van der Waals surface area (Å²) in [4.78, 5) is 0. The van der Waals surface area contributed by atoms with Gasteiger partial charge in [-0.2, -0.15) is 13.1 Å². The van der Waals surface area contributed by atoms with Gasteiger partial charge in [0.15, 0.2) is 10.1 Å². The van der Waals surface area contributed by atoms with Crippen LogP contribution in [0.3, 0.4) is 0 Å². The highest BCUT2D eigenvalue weighted by Crippen LogP contribution is 2.30. The minimum absolute atomic E-state index is 0.131. The van der Waals surface area contributed by atoms with Crippen LogP contribution in [-0.4, -0.2) is 56.6 Å². The van der Waals surface area contributed by atoms with Crippen LogP contribution in [0, 0.1) is 0 Å². The van der Waals surface area contributed by atoms with Gasteiger partial charge in [-0.25, -0.2) is 16.8 Å². The van der Waals surface area contributed by atoms with E-state index in [0.717, 1.165) is 0 Å². The van der Waals surface area contributed by atoms with Crippen LogP contribution < -0.4 is 0 Å². The molecule has 0 aromatic heterocycles. The molecule has 0 aromatic rings. The lowest BCUT2D eigenvalue weighted by molar-refractivity contribution is 0.0658. The number of sulfonamides is 1. The third-order valence-electron chi connectivity index (χ3n) is 1.90. The molecule has 0 aromatic carbocycles. The molecular weight excluding hydrogens is 272 g/mol. The van der Waals surface area contributed by atoms with E-state index in [-0.39, 0.29) is 17.5 Å². The lowest BCUT2D eigenvalue weighted by atomic mass is 10.5. The van der Waals surface area contributed by atoms with E-state index in [4.69, 9.17) is 4.74 Å².